The Hall–Kier alpha value is -2.85. The van der Waals surface area contributed by atoms with Gasteiger partial charge in [0.05, 0.1) is 30.0 Å². The lowest BCUT2D eigenvalue weighted by atomic mass is 9.63. The predicted molar refractivity (Wildman–Crippen MR) is 122 cm³/mol. The van der Waals surface area contributed by atoms with E-state index in [4.69, 9.17) is 4.74 Å². The summed E-state index contributed by atoms with van der Waals surface area (Å²) in [7, 11) is 1.38. The number of rotatable bonds is 4. The number of alkyl halides is 3. The van der Waals surface area contributed by atoms with Crippen LogP contribution in [0.15, 0.2) is 59.6 Å². The standard InChI is InChI=1S/C25H23F4N3O2S/c1-34-23(33)24-13-16-14-30-32(20-6-4-19(26)5-7-20)22(16)12-18(24)10-11-31(15-24)35-21-8-2-17(3-9-21)25(27,28)29/h2-9,14,18H,10-13,15H2,1H3. The SMILES string of the molecule is COC(=O)C12Cc3cnn(-c4ccc(F)cc4)c3CC1CCN(Sc1ccc(C(F)(F)F)cc1)C2. The zero-order chi connectivity index (χ0) is 24.8. The lowest BCUT2D eigenvalue weighted by Crippen LogP contribution is -2.55. The van der Waals surface area contributed by atoms with Gasteiger partial charge in [-0.25, -0.2) is 13.4 Å². The molecule has 0 bridgehead atoms. The molecule has 2 aromatic carbocycles. The van der Waals surface area contributed by atoms with Gasteiger partial charge in [0.2, 0.25) is 0 Å². The molecule has 3 aromatic rings. The Kier molecular flexibility index (Phi) is 6.13. The first-order valence-corrected chi connectivity index (χ1v) is 12.0. The second-order valence-electron chi connectivity index (χ2n) is 9.00. The number of piperidine rings is 1. The minimum Gasteiger partial charge on any atom is -0.469 e. The molecule has 5 nitrogen and oxygen atoms in total. The van der Waals surface area contributed by atoms with Gasteiger partial charge in [0, 0.05) is 23.7 Å². The second kappa shape index (κ2) is 8.98. The van der Waals surface area contributed by atoms with Gasteiger partial charge in [0.15, 0.2) is 0 Å². The quantitative estimate of drug-likeness (QED) is 0.273. The van der Waals surface area contributed by atoms with Crippen LogP contribution >= 0.6 is 11.9 Å². The van der Waals surface area contributed by atoms with E-state index in [2.05, 4.69) is 5.10 Å². The third-order valence-corrected chi connectivity index (χ3v) is 8.00. The average molecular weight is 506 g/mol. The van der Waals surface area contributed by atoms with E-state index < -0.39 is 17.2 Å². The van der Waals surface area contributed by atoms with Crippen molar-refractivity contribution >= 4 is 17.9 Å². The fourth-order valence-corrected chi connectivity index (χ4v) is 6.23. The molecule has 2 unspecified atom stereocenters. The van der Waals surface area contributed by atoms with E-state index in [0.717, 1.165) is 35.5 Å². The number of ether oxygens (including phenoxy) is 1. The maximum Gasteiger partial charge on any atom is 0.416 e. The number of esters is 1. The first-order chi connectivity index (χ1) is 16.7. The maximum atomic E-state index is 13.4. The molecule has 0 N–H and O–H groups in total. The summed E-state index contributed by atoms with van der Waals surface area (Å²) >= 11 is 1.35. The summed E-state index contributed by atoms with van der Waals surface area (Å²) < 4.78 is 61.2. The minimum absolute atomic E-state index is 0.0165. The third-order valence-electron chi connectivity index (χ3n) is 6.95. The van der Waals surface area contributed by atoms with Crippen molar-refractivity contribution < 1.29 is 27.1 Å². The summed E-state index contributed by atoms with van der Waals surface area (Å²) in [6.45, 7) is 1.09. The number of nitrogens with zero attached hydrogens (tertiary/aromatic N) is 3. The molecule has 5 rings (SSSR count). The highest BCUT2D eigenvalue weighted by atomic mass is 32.2. The molecule has 0 radical (unpaired) electrons. The monoisotopic (exact) mass is 505 g/mol. The summed E-state index contributed by atoms with van der Waals surface area (Å²) in [4.78, 5) is 13.8. The maximum absolute atomic E-state index is 13.4. The average Bonchev–Trinajstić information content (AvgIpc) is 3.24. The summed E-state index contributed by atoms with van der Waals surface area (Å²) in [5.74, 6) is -0.597. The summed E-state index contributed by atoms with van der Waals surface area (Å²) in [6.07, 6.45) is -0.835. The number of halogens is 4. The first-order valence-electron chi connectivity index (χ1n) is 11.2. The van der Waals surface area contributed by atoms with Crippen LogP contribution in [0.5, 0.6) is 0 Å². The zero-order valence-corrected chi connectivity index (χ0v) is 19.7. The molecule has 0 spiro atoms. The molecular formula is C25H23F4N3O2S. The van der Waals surface area contributed by atoms with Crippen molar-refractivity contribution in [2.75, 3.05) is 20.2 Å². The van der Waals surface area contributed by atoms with E-state index in [9.17, 15) is 22.4 Å². The number of carbonyl (C=O) groups excluding carboxylic acids is 1. The molecule has 1 aliphatic carbocycles. The highest BCUT2D eigenvalue weighted by Crippen LogP contribution is 2.48. The van der Waals surface area contributed by atoms with Crippen molar-refractivity contribution in [2.24, 2.45) is 11.3 Å². The van der Waals surface area contributed by atoms with Crippen molar-refractivity contribution in [1.29, 1.82) is 0 Å². The highest BCUT2D eigenvalue weighted by Gasteiger charge is 2.53. The van der Waals surface area contributed by atoms with Crippen LogP contribution in [0.2, 0.25) is 0 Å². The van der Waals surface area contributed by atoms with Gasteiger partial charge in [-0.3, -0.25) is 4.79 Å². The Morgan fingerprint density at radius 1 is 1.14 bits per heavy atom. The number of fused-ring (bicyclic) bond motifs is 2. The van der Waals surface area contributed by atoms with Crippen molar-refractivity contribution in [1.82, 2.24) is 14.1 Å². The van der Waals surface area contributed by atoms with Crippen molar-refractivity contribution in [3.05, 3.63) is 77.4 Å². The Morgan fingerprint density at radius 2 is 1.86 bits per heavy atom. The lowest BCUT2D eigenvalue weighted by molar-refractivity contribution is -0.160. The Bertz CT molecular complexity index is 1230. The van der Waals surface area contributed by atoms with Gasteiger partial charge in [0.25, 0.3) is 0 Å². The summed E-state index contributed by atoms with van der Waals surface area (Å²) in [5, 5.41) is 4.52. The minimum atomic E-state index is -4.38. The largest absolute Gasteiger partial charge is 0.469 e. The Labute approximate surface area is 204 Å². The van der Waals surface area contributed by atoms with Crippen LogP contribution in [0.3, 0.4) is 0 Å². The molecule has 2 atom stereocenters. The van der Waals surface area contributed by atoms with Crippen LogP contribution < -0.4 is 0 Å². The first kappa shape index (κ1) is 23.9. The van der Waals surface area contributed by atoms with E-state index in [-0.39, 0.29) is 17.7 Å². The van der Waals surface area contributed by atoms with Crippen LogP contribution in [0.25, 0.3) is 5.69 Å². The van der Waals surface area contributed by atoms with Gasteiger partial charge >= 0.3 is 12.1 Å². The van der Waals surface area contributed by atoms with Gasteiger partial charge in [-0.2, -0.15) is 18.3 Å². The number of carbonyl (C=O) groups is 1. The van der Waals surface area contributed by atoms with Gasteiger partial charge in [-0.1, -0.05) is 0 Å². The molecule has 1 aromatic heterocycles. The van der Waals surface area contributed by atoms with Crippen LogP contribution in [0, 0.1) is 17.2 Å². The number of methoxy groups -OCH3 is 1. The van der Waals surface area contributed by atoms with E-state index >= 15 is 0 Å². The van der Waals surface area contributed by atoms with Crippen molar-refractivity contribution in [3.63, 3.8) is 0 Å². The highest BCUT2D eigenvalue weighted by molar-refractivity contribution is 7.97. The van der Waals surface area contributed by atoms with E-state index in [1.165, 1.54) is 43.3 Å². The smallest absolute Gasteiger partial charge is 0.416 e. The molecule has 184 valence electrons. The van der Waals surface area contributed by atoms with Crippen molar-refractivity contribution in [2.45, 2.75) is 30.3 Å². The van der Waals surface area contributed by atoms with E-state index in [1.54, 1.807) is 23.0 Å². The van der Waals surface area contributed by atoms with Crippen LogP contribution in [0.1, 0.15) is 23.2 Å². The number of aromatic nitrogens is 2. The fourth-order valence-electron chi connectivity index (χ4n) is 5.19. The Morgan fingerprint density at radius 3 is 2.51 bits per heavy atom. The molecule has 10 heteroatoms. The molecule has 2 aliphatic rings. The van der Waals surface area contributed by atoms with Gasteiger partial charge in [-0.15, -0.1) is 0 Å². The molecule has 1 saturated heterocycles. The predicted octanol–water partition coefficient (Wildman–Crippen LogP) is 5.32. The van der Waals surface area contributed by atoms with E-state index in [1.807, 2.05) is 4.31 Å². The summed E-state index contributed by atoms with van der Waals surface area (Å²) in [5.41, 5.74) is 1.23. The number of benzene rings is 2. The molecule has 1 aliphatic heterocycles. The molecular weight excluding hydrogens is 482 g/mol. The number of hydrogen-bond acceptors (Lipinski definition) is 5. The van der Waals surface area contributed by atoms with Crippen LogP contribution in [-0.2, 0) is 28.5 Å². The second-order valence-corrected chi connectivity index (χ2v) is 10.2. The molecule has 2 heterocycles. The van der Waals surface area contributed by atoms with Gasteiger partial charge in [-0.05, 0) is 91.2 Å². The third kappa shape index (κ3) is 4.45. The molecule has 0 amide bonds. The van der Waals surface area contributed by atoms with E-state index in [0.29, 0.717) is 30.8 Å². The Balaban J connectivity index is 1.40. The van der Waals surface area contributed by atoms with Crippen molar-refractivity contribution in [3.8, 4) is 5.69 Å². The topological polar surface area (TPSA) is 47.4 Å². The normalized spacial score (nSPS) is 22.4. The lowest BCUT2D eigenvalue weighted by Gasteiger charge is -2.48. The van der Waals surface area contributed by atoms with Gasteiger partial charge < -0.3 is 4.74 Å². The van der Waals surface area contributed by atoms with Gasteiger partial charge in [0.1, 0.15) is 5.82 Å². The van der Waals surface area contributed by atoms with Crippen LogP contribution in [-0.4, -0.2) is 40.3 Å². The molecule has 35 heavy (non-hydrogen) atoms. The fraction of sp³-hybridized carbons (Fsp3) is 0.360. The zero-order valence-electron chi connectivity index (χ0n) is 18.9. The molecule has 1 fully saturated rings. The summed E-state index contributed by atoms with van der Waals surface area (Å²) in [6, 6.07) is 11.2. The number of hydrogen-bond donors (Lipinski definition) is 0. The molecule has 0 saturated carbocycles. The van der Waals surface area contributed by atoms with Crippen LogP contribution in [0.4, 0.5) is 17.6 Å².